The van der Waals surface area contributed by atoms with Gasteiger partial charge in [-0.05, 0) is 43.4 Å². The fourth-order valence-corrected chi connectivity index (χ4v) is 4.46. The molecule has 0 amide bonds. The first-order valence-electron chi connectivity index (χ1n) is 7.57. The predicted octanol–water partition coefficient (Wildman–Crippen LogP) is 2.41. The molecule has 22 heavy (non-hydrogen) atoms. The minimum atomic E-state index is -3.47. The topological polar surface area (TPSA) is 55.8 Å². The van der Waals surface area contributed by atoms with Gasteiger partial charge in [-0.3, -0.25) is 0 Å². The van der Waals surface area contributed by atoms with Crippen molar-refractivity contribution in [1.82, 2.24) is 4.31 Å². The molecular formula is C16H25NO4S. The van der Waals surface area contributed by atoms with Crippen molar-refractivity contribution in [2.45, 2.75) is 49.3 Å². The Labute approximate surface area is 133 Å². The summed E-state index contributed by atoms with van der Waals surface area (Å²) in [6.45, 7) is 0.409. The number of methoxy groups -OCH3 is 2. The fraction of sp³-hybridized carbons (Fsp3) is 0.625. The van der Waals surface area contributed by atoms with Crippen LogP contribution in [0.25, 0.3) is 0 Å². The van der Waals surface area contributed by atoms with Crippen LogP contribution in [0.1, 0.15) is 31.2 Å². The first-order valence-corrected chi connectivity index (χ1v) is 9.01. The Morgan fingerprint density at radius 2 is 1.86 bits per heavy atom. The summed E-state index contributed by atoms with van der Waals surface area (Å²) in [7, 11) is 1.52. The highest BCUT2D eigenvalue weighted by Gasteiger charge is 2.31. The van der Waals surface area contributed by atoms with E-state index in [-0.39, 0.29) is 12.1 Å². The zero-order valence-electron chi connectivity index (χ0n) is 13.5. The third-order valence-corrected chi connectivity index (χ3v) is 6.28. The maximum atomic E-state index is 12.8. The highest BCUT2D eigenvalue weighted by molar-refractivity contribution is 7.89. The lowest BCUT2D eigenvalue weighted by Gasteiger charge is -2.33. The molecule has 124 valence electrons. The molecule has 0 N–H and O–H groups in total. The lowest BCUT2D eigenvalue weighted by atomic mass is 9.93. The van der Waals surface area contributed by atoms with Crippen LogP contribution in [0.15, 0.2) is 29.2 Å². The van der Waals surface area contributed by atoms with Gasteiger partial charge in [0.2, 0.25) is 10.0 Å². The van der Waals surface area contributed by atoms with Gasteiger partial charge in [0.25, 0.3) is 0 Å². The number of nitrogens with zero attached hydrogens (tertiary/aromatic N) is 1. The average molecular weight is 327 g/mol. The van der Waals surface area contributed by atoms with Crippen molar-refractivity contribution in [3.05, 3.63) is 29.8 Å². The molecular weight excluding hydrogens is 302 g/mol. The Bertz CT molecular complexity index is 580. The Morgan fingerprint density at radius 1 is 1.18 bits per heavy atom. The summed E-state index contributed by atoms with van der Waals surface area (Å²) in [6, 6.07) is 7.01. The molecule has 0 heterocycles. The maximum Gasteiger partial charge on any atom is 0.243 e. The SMILES string of the molecule is COCc1cccc(S(=O)(=O)N(C)C2CCC(OC)CC2)c1. The van der Waals surface area contributed by atoms with E-state index in [0.717, 1.165) is 31.2 Å². The summed E-state index contributed by atoms with van der Waals surface area (Å²) in [4.78, 5) is 0.332. The van der Waals surface area contributed by atoms with Crippen LogP contribution in [0.5, 0.6) is 0 Å². The summed E-state index contributed by atoms with van der Waals surface area (Å²) in [6.07, 6.45) is 3.75. The molecule has 2 rings (SSSR count). The average Bonchev–Trinajstić information content (AvgIpc) is 2.55. The molecule has 0 saturated heterocycles. The molecule has 0 aliphatic heterocycles. The normalized spacial score (nSPS) is 22.9. The number of sulfonamides is 1. The Hall–Kier alpha value is -0.950. The van der Waals surface area contributed by atoms with Gasteiger partial charge in [0.05, 0.1) is 17.6 Å². The van der Waals surface area contributed by atoms with Gasteiger partial charge in [-0.15, -0.1) is 0 Å². The molecule has 1 aliphatic carbocycles. The van der Waals surface area contributed by atoms with Crippen LogP contribution in [0.3, 0.4) is 0 Å². The van der Waals surface area contributed by atoms with Gasteiger partial charge in [-0.1, -0.05) is 12.1 Å². The summed E-state index contributed by atoms with van der Waals surface area (Å²) in [5.74, 6) is 0. The summed E-state index contributed by atoms with van der Waals surface area (Å²) < 4.78 is 37.5. The lowest BCUT2D eigenvalue weighted by Crippen LogP contribution is -2.40. The molecule has 1 aromatic carbocycles. The first kappa shape index (κ1) is 17.4. The van der Waals surface area contributed by atoms with E-state index in [1.54, 1.807) is 39.5 Å². The molecule has 5 nitrogen and oxygen atoms in total. The zero-order chi connectivity index (χ0) is 16.2. The molecule has 1 aromatic rings. The Kier molecular flexibility index (Phi) is 5.97. The number of ether oxygens (including phenoxy) is 2. The molecule has 0 radical (unpaired) electrons. The molecule has 0 unspecified atom stereocenters. The second kappa shape index (κ2) is 7.55. The maximum absolute atomic E-state index is 12.8. The van der Waals surface area contributed by atoms with Crippen molar-refractivity contribution < 1.29 is 17.9 Å². The van der Waals surface area contributed by atoms with Crippen LogP contribution in [0.2, 0.25) is 0 Å². The first-order chi connectivity index (χ1) is 10.5. The van der Waals surface area contributed by atoms with Crippen LogP contribution in [0, 0.1) is 0 Å². The van der Waals surface area contributed by atoms with E-state index in [9.17, 15) is 8.42 Å². The van der Waals surface area contributed by atoms with E-state index in [4.69, 9.17) is 9.47 Å². The van der Waals surface area contributed by atoms with E-state index in [1.165, 1.54) is 4.31 Å². The largest absolute Gasteiger partial charge is 0.381 e. The van der Waals surface area contributed by atoms with Gasteiger partial charge in [-0.25, -0.2) is 8.42 Å². The molecule has 1 fully saturated rings. The number of hydrogen-bond acceptors (Lipinski definition) is 4. The van der Waals surface area contributed by atoms with Crippen molar-refractivity contribution in [3.8, 4) is 0 Å². The number of hydrogen-bond donors (Lipinski definition) is 0. The number of rotatable bonds is 6. The minimum absolute atomic E-state index is 0.0440. The van der Waals surface area contributed by atoms with Gasteiger partial charge in [0, 0.05) is 27.3 Å². The minimum Gasteiger partial charge on any atom is -0.381 e. The second-order valence-corrected chi connectivity index (χ2v) is 7.77. The molecule has 0 bridgehead atoms. The summed E-state index contributed by atoms with van der Waals surface area (Å²) in [5, 5.41) is 0. The monoisotopic (exact) mass is 327 g/mol. The van der Waals surface area contributed by atoms with Crippen molar-refractivity contribution >= 4 is 10.0 Å². The fourth-order valence-electron chi connectivity index (χ4n) is 2.97. The predicted molar refractivity (Wildman–Crippen MR) is 85.2 cm³/mol. The van der Waals surface area contributed by atoms with Gasteiger partial charge >= 0.3 is 0 Å². The van der Waals surface area contributed by atoms with E-state index in [2.05, 4.69) is 0 Å². The van der Waals surface area contributed by atoms with Crippen LogP contribution < -0.4 is 0 Å². The number of benzene rings is 1. The van der Waals surface area contributed by atoms with E-state index >= 15 is 0 Å². The van der Waals surface area contributed by atoms with Crippen molar-refractivity contribution in [3.63, 3.8) is 0 Å². The Morgan fingerprint density at radius 3 is 2.45 bits per heavy atom. The van der Waals surface area contributed by atoms with Crippen molar-refractivity contribution in [1.29, 1.82) is 0 Å². The zero-order valence-corrected chi connectivity index (χ0v) is 14.3. The summed E-state index contributed by atoms with van der Waals surface area (Å²) >= 11 is 0. The van der Waals surface area contributed by atoms with Crippen LogP contribution >= 0.6 is 0 Å². The van der Waals surface area contributed by atoms with Crippen molar-refractivity contribution in [2.24, 2.45) is 0 Å². The van der Waals surface area contributed by atoms with Crippen LogP contribution in [-0.4, -0.2) is 46.1 Å². The van der Waals surface area contributed by atoms with E-state index in [1.807, 2.05) is 6.07 Å². The second-order valence-electron chi connectivity index (χ2n) is 5.77. The van der Waals surface area contributed by atoms with Crippen molar-refractivity contribution in [2.75, 3.05) is 21.3 Å². The summed E-state index contributed by atoms with van der Waals surface area (Å²) in [5.41, 5.74) is 0.861. The van der Waals surface area contributed by atoms with E-state index < -0.39 is 10.0 Å². The third kappa shape index (κ3) is 3.87. The smallest absolute Gasteiger partial charge is 0.243 e. The standard InChI is InChI=1S/C16H25NO4S/c1-17(14-7-9-15(21-3)10-8-14)22(18,19)16-6-4-5-13(11-16)12-20-2/h4-6,11,14-15H,7-10,12H2,1-3H3. The Balaban J connectivity index is 2.14. The van der Waals surface area contributed by atoms with Gasteiger partial charge < -0.3 is 9.47 Å². The van der Waals surface area contributed by atoms with Crippen LogP contribution in [-0.2, 0) is 26.1 Å². The molecule has 1 saturated carbocycles. The lowest BCUT2D eigenvalue weighted by molar-refractivity contribution is 0.0553. The highest BCUT2D eigenvalue weighted by Crippen LogP contribution is 2.28. The van der Waals surface area contributed by atoms with Gasteiger partial charge in [0.1, 0.15) is 0 Å². The highest BCUT2D eigenvalue weighted by atomic mass is 32.2. The molecule has 0 atom stereocenters. The van der Waals surface area contributed by atoms with Gasteiger partial charge in [-0.2, -0.15) is 4.31 Å². The third-order valence-electron chi connectivity index (χ3n) is 4.38. The molecule has 0 spiro atoms. The molecule has 1 aliphatic rings. The van der Waals surface area contributed by atoms with Gasteiger partial charge in [0.15, 0.2) is 0 Å². The molecule has 6 heteroatoms. The quantitative estimate of drug-likeness (QED) is 0.805. The van der Waals surface area contributed by atoms with Crippen LogP contribution in [0.4, 0.5) is 0 Å². The van der Waals surface area contributed by atoms with E-state index in [0.29, 0.717) is 11.5 Å². The molecule has 0 aromatic heterocycles.